The lowest BCUT2D eigenvalue weighted by molar-refractivity contribution is 0.308. The number of nitrogens with one attached hydrogen (secondary N) is 1. The minimum absolute atomic E-state index is 0.557. The zero-order valence-corrected chi connectivity index (χ0v) is 16.2. The number of rotatable bonds is 7. The SMILES string of the molecule is CCCc1nc2c(OCc3ccccc3)cccn2c1NC1CCCCC1. The van der Waals surface area contributed by atoms with Gasteiger partial charge in [0, 0.05) is 12.2 Å². The molecule has 0 bridgehead atoms. The average Bonchev–Trinajstić information content (AvgIpc) is 3.06. The molecule has 0 saturated heterocycles. The van der Waals surface area contributed by atoms with Gasteiger partial charge in [-0.25, -0.2) is 4.98 Å². The highest BCUT2D eigenvalue weighted by atomic mass is 16.5. The van der Waals surface area contributed by atoms with E-state index in [1.54, 1.807) is 0 Å². The minimum Gasteiger partial charge on any atom is -0.485 e. The van der Waals surface area contributed by atoms with Crippen molar-refractivity contribution in [2.24, 2.45) is 0 Å². The summed E-state index contributed by atoms with van der Waals surface area (Å²) in [5, 5.41) is 3.80. The van der Waals surface area contributed by atoms with E-state index >= 15 is 0 Å². The first-order chi connectivity index (χ1) is 13.3. The molecule has 1 fully saturated rings. The number of anilines is 1. The molecule has 0 spiro atoms. The normalized spacial score (nSPS) is 15.1. The number of nitrogens with zero attached hydrogens (tertiary/aromatic N) is 2. The fraction of sp³-hybridized carbons (Fsp3) is 0.435. The molecule has 4 nitrogen and oxygen atoms in total. The predicted octanol–water partition coefficient (Wildman–Crippen LogP) is 5.61. The second kappa shape index (κ2) is 8.47. The van der Waals surface area contributed by atoms with Gasteiger partial charge in [-0.15, -0.1) is 0 Å². The molecule has 0 atom stereocenters. The number of aryl methyl sites for hydroxylation is 1. The van der Waals surface area contributed by atoms with Crippen molar-refractivity contribution in [3.8, 4) is 5.75 Å². The monoisotopic (exact) mass is 363 g/mol. The number of hydrogen-bond acceptors (Lipinski definition) is 3. The Morgan fingerprint density at radius 1 is 1.07 bits per heavy atom. The van der Waals surface area contributed by atoms with Crippen LogP contribution in [0.1, 0.15) is 56.7 Å². The van der Waals surface area contributed by atoms with Gasteiger partial charge in [0.05, 0.1) is 5.69 Å². The quantitative estimate of drug-likeness (QED) is 0.593. The molecule has 0 aliphatic heterocycles. The molecule has 2 aromatic heterocycles. The van der Waals surface area contributed by atoms with Gasteiger partial charge in [0.25, 0.3) is 0 Å². The van der Waals surface area contributed by atoms with Crippen molar-refractivity contribution >= 4 is 11.5 Å². The van der Waals surface area contributed by atoms with Crippen LogP contribution in [0.15, 0.2) is 48.7 Å². The van der Waals surface area contributed by atoms with Gasteiger partial charge < -0.3 is 10.1 Å². The van der Waals surface area contributed by atoms with Crippen molar-refractivity contribution in [3.63, 3.8) is 0 Å². The van der Waals surface area contributed by atoms with Crippen LogP contribution < -0.4 is 10.1 Å². The van der Waals surface area contributed by atoms with Crippen molar-refractivity contribution in [2.75, 3.05) is 5.32 Å². The molecule has 1 aliphatic carbocycles. The Hall–Kier alpha value is -2.49. The average molecular weight is 364 g/mol. The highest BCUT2D eigenvalue weighted by Gasteiger charge is 2.19. The summed E-state index contributed by atoms with van der Waals surface area (Å²) in [6.45, 7) is 2.77. The lowest BCUT2D eigenvalue weighted by Gasteiger charge is -2.24. The molecule has 0 radical (unpaired) electrons. The van der Waals surface area contributed by atoms with Crippen LogP contribution in [0.4, 0.5) is 5.82 Å². The molecule has 4 rings (SSSR count). The van der Waals surface area contributed by atoms with Gasteiger partial charge in [0.1, 0.15) is 12.4 Å². The molecule has 4 heteroatoms. The lowest BCUT2D eigenvalue weighted by Crippen LogP contribution is -2.23. The fourth-order valence-corrected chi connectivity index (χ4v) is 3.94. The fourth-order valence-electron chi connectivity index (χ4n) is 3.94. The molecule has 3 aromatic rings. The van der Waals surface area contributed by atoms with Gasteiger partial charge in [-0.3, -0.25) is 4.40 Å². The van der Waals surface area contributed by atoms with Gasteiger partial charge in [-0.2, -0.15) is 0 Å². The second-order valence-electron chi connectivity index (χ2n) is 7.48. The molecule has 1 saturated carbocycles. The van der Waals surface area contributed by atoms with Crippen LogP contribution in [0.5, 0.6) is 5.75 Å². The first kappa shape index (κ1) is 17.9. The van der Waals surface area contributed by atoms with Gasteiger partial charge in [-0.05, 0) is 37.0 Å². The van der Waals surface area contributed by atoms with Gasteiger partial charge >= 0.3 is 0 Å². The first-order valence-electron chi connectivity index (χ1n) is 10.3. The Bertz CT molecular complexity index is 866. The largest absolute Gasteiger partial charge is 0.485 e. The van der Waals surface area contributed by atoms with Crippen molar-refractivity contribution in [1.82, 2.24) is 9.38 Å². The van der Waals surface area contributed by atoms with Crippen LogP contribution in [0.25, 0.3) is 5.65 Å². The van der Waals surface area contributed by atoms with E-state index in [9.17, 15) is 0 Å². The van der Waals surface area contributed by atoms with E-state index in [0.717, 1.165) is 35.8 Å². The number of hydrogen-bond donors (Lipinski definition) is 1. The third-order valence-electron chi connectivity index (χ3n) is 5.36. The zero-order chi connectivity index (χ0) is 18.5. The van der Waals surface area contributed by atoms with E-state index in [-0.39, 0.29) is 0 Å². The number of fused-ring (bicyclic) bond motifs is 1. The van der Waals surface area contributed by atoms with Crippen LogP contribution >= 0.6 is 0 Å². The summed E-state index contributed by atoms with van der Waals surface area (Å²) < 4.78 is 8.31. The second-order valence-corrected chi connectivity index (χ2v) is 7.48. The topological polar surface area (TPSA) is 38.6 Å². The lowest BCUT2D eigenvalue weighted by atomic mass is 9.95. The van der Waals surface area contributed by atoms with Crippen molar-refractivity contribution in [3.05, 3.63) is 59.9 Å². The summed E-state index contributed by atoms with van der Waals surface area (Å²) >= 11 is 0. The molecule has 2 heterocycles. The van der Waals surface area contributed by atoms with Crippen molar-refractivity contribution in [1.29, 1.82) is 0 Å². The Labute approximate surface area is 161 Å². The molecule has 142 valence electrons. The molecule has 1 aliphatic rings. The van der Waals surface area contributed by atoms with Crippen LogP contribution in [0.3, 0.4) is 0 Å². The summed E-state index contributed by atoms with van der Waals surface area (Å²) in [4.78, 5) is 4.96. The molecule has 27 heavy (non-hydrogen) atoms. The zero-order valence-electron chi connectivity index (χ0n) is 16.2. The molecule has 0 unspecified atom stereocenters. The van der Waals surface area contributed by atoms with Crippen molar-refractivity contribution < 1.29 is 4.74 Å². The summed E-state index contributed by atoms with van der Waals surface area (Å²) in [6.07, 6.45) is 10.7. The minimum atomic E-state index is 0.557. The number of imidazole rings is 1. The highest BCUT2D eigenvalue weighted by Crippen LogP contribution is 2.29. The smallest absolute Gasteiger partial charge is 0.181 e. The van der Waals surface area contributed by atoms with Gasteiger partial charge in [-0.1, -0.05) is 62.9 Å². The summed E-state index contributed by atoms with van der Waals surface area (Å²) in [5.74, 6) is 2.00. The first-order valence-corrected chi connectivity index (χ1v) is 10.3. The number of pyridine rings is 1. The van der Waals surface area contributed by atoms with Crippen LogP contribution in [-0.2, 0) is 13.0 Å². The maximum absolute atomic E-state index is 6.13. The highest BCUT2D eigenvalue weighted by molar-refractivity contribution is 5.63. The maximum Gasteiger partial charge on any atom is 0.181 e. The van der Waals surface area contributed by atoms with Gasteiger partial charge in [0.2, 0.25) is 0 Å². The number of aromatic nitrogens is 2. The van der Waals surface area contributed by atoms with Gasteiger partial charge in [0.15, 0.2) is 11.4 Å². The van der Waals surface area contributed by atoms with E-state index in [1.807, 2.05) is 24.3 Å². The summed E-state index contributed by atoms with van der Waals surface area (Å²) in [6, 6.07) is 14.9. The molecular weight excluding hydrogens is 334 g/mol. The maximum atomic E-state index is 6.13. The third-order valence-corrected chi connectivity index (χ3v) is 5.36. The molecular formula is C23H29N3O. The van der Waals surface area contributed by atoms with Crippen LogP contribution in [0.2, 0.25) is 0 Å². The van der Waals surface area contributed by atoms with E-state index in [2.05, 4.69) is 41.0 Å². The van der Waals surface area contributed by atoms with Crippen LogP contribution in [-0.4, -0.2) is 15.4 Å². The van der Waals surface area contributed by atoms with E-state index in [4.69, 9.17) is 9.72 Å². The number of benzene rings is 1. The molecule has 0 amide bonds. The molecule has 1 aromatic carbocycles. The third kappa shape index (κ3) is 4.10. The van der Waals surface area contributed by atoms with Crippen LogP contribution in [0, 0.1) is 0 Å². The standard InChI is InChI=1S/C23H29N3O/c1-2-10-20-22(24-19-13-7-4-8-14-19)26-16-9-15-21(23(26)25-20)27-17-18-11-5-3-6-12-18/h3,5-6,9,11-12,15-16,19,24H,2,4,7-8,10,13-14,17H2,1H3. The van der Waals surface area contributed by atoms with E-state index in [0.29, 0.717) is 12.6 Å². The predicted molar refractivity (Wildman–Crippen MR) is 110 cm³/mol. The van der Waals surface area contributed by atoms with E-state index in [1.165, 1.54) is 37.7 Å². The Kier molecular flexibility index (Phi) is 5.61. The molecule has 1 N–H and O–H groups in total. The Balaban J connectivity index is 1.62. The van der Waals surface area contributed by atoms with E-state index < -0.39 is 0 Å². The van der Waals surface area contributed by atoms with Crippen molar-refractivity contribution in [2.45, 2.75) is 64.5 Å². The number of ether oxygens (including phenoxy) is 1. The summed E-state index contributed by atoms with van der Waals surface area (Å²) in [7, 11) is 0. The Morgan fingerprint density at radius 2 is 1.89 bits per heavy atom. The summed E-state index contributed by atoms with van der Waals surface area (Å²) in [5.41, 5.74) is 3.23. The Morgan fingerprint density at radius 3 is 2.67 bits per heavy atom.